The van der Waals surface area contributed by atoms with Crippen molar-refractivity contribution in [3.63, 3.8) is 0 Å². The van der Waals surface area contributed by atoms with Crippen LogP contribution in [0.15, 0.2) is 24.3 Å². The Labute approximate surface area is 688 Å². The summed E-state index contributed by atoms with van der Waals surface area (Å²) in [5.41, 5.74) is 1.37. The Hall–Kier alpha value is -2.30. The lowest BCUT2D eigenvalue weighted by Gasteiger charge is -2.09. The molecule has 34 heteroatoms. The van der Waals surface area contributed by atoms with Crippen molar-refractivity contribution in [3.8, 4) is 5.75 Å². The van der Waals surface area contributed by atoms with E-state index in [1.165, 1.54) is 50.5 Å². The minimum atomic E-state index is 0.0158. The van der Waals surface area contributed by atoms with E-state index in [4.69, 9.17) is 161 Å². The molecule has 0 aliphatic carbocycles. The van der Waals surface area contributed by atoms with E-state index >= 15 is 0 Å². The zero-order chi connectivity index (χ0) is 81.6. The van der Waals surface area contributed by atoms with Gasteiger partial charge < -0.3 is 161 Å². The molecule has 0 atom stereocenters. The minimum absolute atomic E-state index is 0.0158. The van der Waals surface area contributed by atoms with Crippen molar-refractivity contribution < 1.29 is 161 Å². The monoisotopic (exact) mass is 1670 g/mol. The van der Waals surface area contributed by atoms with Gasteiger partial charge in [-0.1, -0.05) is 57.6 Å². The molecule has 0 aliphatic rings. The second kappa shape index (κ2) is 104. The van der Waals surface area contributed by atoms with Gasteiger partial charge in [0.15, 0.2) is 0 Å². The van der Waals surface area contributed by atoms with Gasteiger partial charge in [-0.15, -0.1) is 0 Å². The average molecular weight is 1670 g/mol. The minimum Gasteiger partial charge on any atom is -0.491 e. The van der Waals surface area contributed by atoms with Crippen LogP contribution in [0.2, 0.25) is 0 Å². The van der Waals surface area contributed by atoms with Gasteiger partial charge in [-0.2, -0.15) is 0 Å². The standard InChI is InChI=1S/C81H156O34/c1-2-3-4-5-6-7-8-9-80-10-12-81(13-11-80)115-79-78-114-77-76-113-75-74-112-73-72-111-71-70-110-69-68-109-67-66-108-65-64-107-63-62-106-61-60-105-59-58-104-57-56-103-55-54-102-53-52-101-51-50-100-49-48-99-47-46-98-45-44-97-43-42-96-41-40-95-39-38-94-37-36-93-35-34-92-33-32-91-31-30-90-29-28-89-27-26-88-25-24-87-23-22-86-21-20-85-19-18-84-17-16-83-15-14-82/h10-13,82H,2-9,14-79H2,1H3. The number of aliphatic hydroxyl groups is 1. The largest absolute Gasteiger partial charge is 0.491 e. The maximum absolute atomic E-state index is 8.63. The van der Waals surface area contributed by atoms with Crippen molar-refractivity contribution in [3.05, 3.63) is 29.8 Å². The lowest BCUT2D eigenvalue weighted by Crippen LogP contribution is -2.16. The summed E-state index contributed by atoms with van der Waals surface area (Å²) in [5, 5.41) is 8.63. The second-order valence-electron chi connectivity index (χ2n) is 24.7. The quantitative estimate of drug-likeness (QED) is 0.0849. The molecule has 1 rings (SSSR count). The first-order chi connectivity index (χ1) is 57.4. The highest BCUT2D eigenvalue weighted by Gasteiger charge is 2.05. The summed E-state index contributed by atoms with van der Waals surface area (Å²) < 4.78 is 182. The summed E-state index contributed by atoms with van der Waals surface area (Å²) in [6, 6.07) is 8.44. The Kier molecular flexibility index (Phi) is 100. The van der Waals surface area contributed by atoms with Gasteiger partial charge in [0.05, 0.1) is 429 Å². The van der Waals surface area contributed by atoms with Crippen molar-refractivity contribution in [2.24, 2.45) is 0 Å². The molecule has 1 N–H and O–H groups in total. The molecule has 0 aromatic heterocycles. The van der Waals surface area contributed by atoms with E-state index in [-0.39, 0.29) is 6.61 Å². The second-order valence-corrected chi connectivity index (χ2v) is 24.7. The van der Waals surface area contributed by atoms with Gasteiger partial charge in [0.25, 0.3) is 0 Å². The average Bonchev–Trinajstić information content (AvgIpc) is 0.914. The van der Waals surface area contributed by atoms with Crippen molar-refractivity contribution in [2.45, 2.75) is 58.3 Å². The normalized spacial score (nSPS) is 11.8. The van der Waals surface area contributed by atoms with Crippen LogP contribution < -0.4 is 4.74 Å². The third-order valence-corrected chi connectivity index (χ3v) is 15.3. The molecule has 0 amide bonds. The van der Waals surface area contributed by atoms with Crippen molar-refractivity contribution >= 4 is 0 Å². The van der Waals surface area contributed by atoms with E-state index in [1.807, 2.05) is 0 Å². The Morgan fingerprint density at radius 3 is 0.435 bits per heavy atom. The molecular weight excluding hydrogens is 1520 g/mol. The third-order valence-electron chi connectivity index (χ3n) is 15.3. The third kappa shape index (κ3) is 98.7. The van der Waals surface area contributed by atoms with Crippen molar-refractivity contribution in [2.75, 3.05) is 436 Å². The molecule has 0 unspecified atom stereocenters. The summed E-state index contributed by atoms with van der Waals surface area (Å²) in [6.45, 7) is 33.7. The van der Waals surface area contributed by atoms with Crippen LogP contribution in [0.3, 0.4) is 0 Å². The van der Waals surface area contributed by atoms with Crippen LogP contribution in [0.1, 0.15) is 57.4 Å². The fraction of sp³-hybridized carbons (Fsp3) is 0.926. The van der Waals surface area contributed by atoms with Crippen LogP contribution in [0.25, 0.3) is 0 Å². The SMILES string of the molecule is CCCCCCCCCc1ccc(OCCOCCOCCOCCOCCOCCOCCOCCOCCOCCOCCOCCOCCOCCOCCOCCOCCOCCOCCOCCOCCOCCOCCOCCOCCOCCOCCOCCOCCOCCOCCOCCOCCO)cc1. The van der Waals surface area contributed by atoms with Crippen molar-refractivity contribution in [1.29, 1.82) is 0 Å². The zero-order valence-corrected chi connectivity index (χ0v) is 70.6. The van der Waals surface area contributed by atoms with E-state index < -0.39 is 0 Å². The molecule has 0 saturated carbocycles. The molecule has 0 aliphatic heterocycles. The van der Waals surface area contributed by atoms with Gasteiger partial charge in [0.1, 0.15) is 12.4 Å². The number of rotatable bonds is 107. The Balaban J connectivity index is 1.59. The van der Waals surface area contributed by atoms with E-state index in [9.17, 15) is 0 Å². The number of ether oxygens (including phenoxy) is 33. The first-order valence-corrected chi connectivity index (χ1v) is 42.2. The van der Waals surface area contributed by atoms with Gasteiger partial charge in [0.2, 0.25) is 0 Å². The fourth-order valence-corrected chi connectivity index (χ4v) is 9.24. The van der Waals surface area contributed by atoms with E-state index in [2.05, 4.69) is 31.2 Å². The molecule has 0 radical (unpaired) electrons. The van der Waals surface area contributed by atoms with Crippen LogP contribution in [0, 0.1) is 0 Å². The van der Waals surface area contributed by atoms with Gasteiger partial charge >= 0.3 is 0 Å². The van der Waals surface area contributed by atoms with E-state index in [0.29, 0.717) is 429 Å². The molecule has 34 nitrogen and oxygen atoms in total. The maximum atomic E-state index is 8.63. The highest BCUT2D eigenvalue weighted by Crippen LogP contribution is 2.16. The van der Waals surface area contributed by atoms with Gasteiger partial charge in [-0.05, 0) is 30.5 Å². The summed E-state index contributed by atoms with van der Waals surface area (Å²) in [6.07, 6.45) is 10.4. The van der Waals surface area contributed by atoms with Crippen LogP contribution in [0.5, 0.6) is 5.75 Å². The molecule has 684 valence electrons. The van der Waals surface area contributed by atoms with Gasteiger partial charge in [-0.3, -0.25) is 0 Å². The predicted octanol–water partition coefficient (Wildman–Crippen LogP) is 4.88. The number of aliphatic hydroxyl groups excluding tert-OH is 1. The Bertz CT molecular complexity index is 1870. The molecule has 0 spiro atoms. The first kappa shape index (κ1) is 111. The number of hydrogen-bond donors (Lipinski definition) is 1. The number of unbranched alkanes of at least 4 members (excludes halogenated alkanes) is 6. The van der Waals surface area contributed by atoms with Crippen LogP contribution in [-0.4, -0.2) is 441 Å². The highest BCUT2D eigenvalue weighted by atomic mass is 16.6. The Morgan fingerprint density at radius 2 is 0.287 bits per heavy atom. The van der Waals surface area contributed by atoms with E-state index in [1.54, 1.807) is 0 Å². The smallest absolute Gasteiger partial charge is 0.119 e. The topological polar surface area (TPSA) is 325 Å². The van der Waals surface area contributed by atoms with Gasteiger partial charge in [-0.25, -0.2) is 0 Å². The predicted molar refractivity (Wildman–Crippen MR) is 427 cm³/mol. The maximum Gasteiger partial charge on any atom is 0.119 e. The number of aryl methyl sites for hydroxylation is 1. The van der Waals surface area contributed by atoms with Crippen molar-refractivity contribution in [1.82, 2.24) is 0 Å². The van der Waals surface area contributed by atoms with Gasteiger partial charge in [0, 0.05) is 0 Å². The molecule has 0 bridgehead atoms. The summed E-state index contributed by atoms with van der Waals surface area (Å²) >= 11 is 0. The number of hydrogen-bond acceptors (Lipinski definition) is 34. The van der Waals surface area contributed by atoms with Crippen LogP contribution in [0.4, 0.5) is 0 Å². The molecule has 1 aromatic carbocycles. The highest BCUT2D eigenvalue weighted by molar-refractivity contribution is 5.27. The van der Waals surface area contributed by atoms with E-state index in [0.717, 1.165) is 12.2 Å². The molecule has 1 aromatic rings. The summed E-state index contributed by atoms with van der Waals surface area (Å²) in [4.78, 5) is 0. The first-order valence-electron chi connectivity index (χ1n) is 42.2. The summed E-state index contributed by atoms with van der Waals surface area (Å²) in [5.74, 6) is 0.879. The summed E-state index contributed by atoms with van der Waals surface area (Å²) in [7, 11) is 0. The zero-order valence-electron chi connectivity index (χ0n) is 70.6. The molecule has 0 heterocycles. The molecule has 0 fully saturated rings. The lowest BCUT2D eigenvalue weighted by atomic mass is 10.0. The fourth-order valence-electron chi connectivity index (χ4n) is 9.24. The Morgan fingerprint density at radius 1 is 0.157 bits per heavy atom. The molecule has 0 saturated heterocycles. The molecular formula is C81H156O34. The lowest BCUT2D eigenvalue weighted by molar-refractivity contribution is -0.0326. The number of benzene rings is 1. The van der Waals surface area contributed by atoms with Crippen LogP contribution in [-0.2, 0) is 158 Å². The van der Waals surface area contributed by atoms with Crippen LogP contribution >= 0.6 is 0 Å². The molecule has 115 heavy (non-hydrogen) atoms.